The zero-order chi connectivity index (χ0) is 15.1. The first-order valence-corrected chi connectivity index (χ1v) is 8.92. The number of rotatable bonds is 6. The van der Waals surface area contributed by atoms with Crippen molar-refractivity contribution in [1.82, 2.24) is 15.5 Å². The van der Waals surface area contributed by atoms with Crippen molar-refractivity contribution in [2.75, 3.05) is 19.6 Å². The predicted octanol–water partition coefficient (Wildman–Crippen LogP) is 2.29. The van der Waals surface area contributed by atoms with Gasteiger partial charge in [-0.1, -0.05) is 25.7 Å². The highest BCUT2D eigenvalue weighted by molar-refractivity contribution is 5.78. The molecule has 0 aromatic rings. The standard InChI is InChI=1S/C17H33N3O/c1-14(2)20(12-16-10-7-11-18-16)13-17(21)19-15-8-5-3-4-6-9-15/h14-16,18H,3-13H2,1-2H3,(H,19,21). The highest BCUT2D eigenvalue weighted by Gasteiger charge is 2.22. The van der Waals surface area contributed by atoms with E-state index in [4.69, 9.17) is 0 Å². The summed E-state index contributed by atoms with van der Waals surface area (Å²) in [4.78, 5) is 14.7. The van der Waals surface area contributed by atoms with Crippen molar-refractivity contribution in [3.8, 4) is 0 Å². The van der Waals surface area contributed by atoms with E-state index in [0.29, 0.717) is 24.7 Å². The molecule has 1 saturated carbocycles. The Hall–Kier alpha value is -0.610. The third kappa shape index (κ3) is 5.95. The third-order valence-corrected chi connectivity index (χ3v) is 4.91. The van der Waals surface area contributed by atoms with Crippen LogP contribution in [0.15, 0.2) is 0 Å². The Morgan fingerprint density at radius 3 is 2.43 bits per heavy atom. The van der Waals surface area contributed by atoms with Gasteiger partial charge in [-0.15, -0.1) is 0 Å². The zero-order valence-electron chi connectivity index (χ0n) is 13.9. The van der Waals surface area contributed by atoms with E-state index in [1.807, 2.05) is 0 Å². The van der Waals surface area contributed by atoms with Crippen LogP contribution in [0, 0.1) is 0 Å². The summed E-state index contributed by atoms with van der Waals surface area (Å²) in [5.74, 6) is 0.216. The lowest BCUT2D eigenvalue weighted by Gasteiger charge is -2.29. The van der Waals surface area contributed by atoms with Crippen molar-refractivity contribution < 1.29 is 4.79 Å². The number of carbonyl (C=O) groups is 1. The van der Waals surface area contributed by atoms with Crippen molar-refractivity contribution >= 4 is 5.91 Å². The van der Waals surface area contributed by atoms with Gasteiger partial charge in [0.2, 0.25) is 5.91 Å². The van der Waals surface area contributed by atoms with Gasteiger partial charge in [-0.3, -0.25) is 9.69 Å². The molecule has 1 saturated heterocycles. The maximum absolute atomic E-state index is 12.3. The van der Waals surface area contributed by atoms with Gasteiger partial charge in [0.15, 0.2) is 0 Å². The zero-order valence-corrected chi connectivity index (χ0v) is 13.9. The van der Waals surface area contributed by atoms with E-state index < -0.39 is 0 Å². The fourth-order valence-electron chi connectivity index (χ4n) is 3.54. The fourth-order valence-corrected chi connectivity index (χ4v) is 3.54. The molecule has 0 spiro atoms. The summed E-state index contributed by atoms with van der Waals surface area (Å²) in [5.41, 5.74) is 0. The number of hydrogen-bond donors (Lipinski definition) is 2. The molecule has 1 amide bonds. The Kier molecular flexibility index (Phi) is 6.97. The molecule has 1 aliphatic heterocycles. The van der Waals surface area contributed by atoms with Crippen LogP contribution in [0.1, 0.15) is 65.2 Å². The Morgan fingerprint density at radius 1 is 1.14 bits per heavy atom. The Labute approximate surface area is 130 Å². The number of nitrogens with one attached hydrogen (secondary N) is 2. The van der Waals surface area contributed by atoms with Gasteiger partial charge in [0, 0.05) is 24.7 Å². The highest BCUT2D eigenvalue weighted by atomic mass is 16.2. The predicted molar refractivity (Wildman–Crippen MR) is 87.4 cm³/mol. The molecule has 0 radical (unpaired) electrons. The van der Waals surface area contributed by atoms with E-state index >= 15 is 0 Å². The average Bonchev–Trinajstić information content (AvgIpc) is 2.81. The molecule has 0 aromatic carbocycles. The molecule has 2 N–H and O–H groups in total. The molecule has 4 heteroatoms. The van der Waals surface area contributed by atoms with Gasteiger partial charge in [-0.25, -0.2) is 0 Å². The van der Waals surface area contributed by atoms with Crippen LogP contribution in [0.3, 0.4) is 0 Å². The number of amides is 1. The Balaban J connectivity index is 1.76. The number of hydrogen-bond acceptors (Lipinski definition) is 3. The second-order valence-electron chi connectivity index (χ2n) is 7.07. The first-order chi connectivity index (χ1) is 10.1. The summed E-state index contributed by atoms with van der Waals surface area (Å²) in [7, 11) is 0. The van der Waals surface area contributed by atoms with Crippen LogP contribution in [-0.2, 0) is 4.79 Å². The van der Waals surface area contributed by atoms with Crippen LogP contribution < -0.4 is 10.6 Å². The van der Waals surface area contributed by atoms with Gasteiger partial charge in [0.1, 0.15) is 0 Å². The smallest absolute Gasteiger partial charge is 0.234 e. The Bertz CT molecular complexity index is 305. The van der Waals surface area contributed by atoms with Crippen molar-refractivity contribution in [3.05, 3.63) is 0 Å². The summed E-state index contributed by atoms with van der Waals surface area (Å²) in [6, 6.07) is 1.41. The van der Waals surface area contributed by atoms with E-state index in [-0.39, 0.29) is 5.91 Å². The molecular formula is C17H33N3O. The molecule has 0 aromatic heterocycles. The molecule has 0 bridgehead atoms. The van der Waals surface area contributed by atoms with Crippen molar-refractivity contribution in [1.29, 1.82) is 0 Å². The fraction of sp³-hybridized carbons (Fsp3) is 0.941. The first-order valence-electron chi connectivity index (χ1n) is 8.92. The van der Waals surface area contributed by atoms with Crippen LogP contribution >= 0.6 is 0 Å². The Morgan fingerprint density at radius 2 is 1.86 bits per heavy atom. The molecule has 1 unspecified atom stereocenters. The van der Waals surface area contributed by atoms with Crippen LogP contribution in [0.2, 0.25) is 0 Å². The quantitative estimate of drug-likeness (QED) is 0.739. The van der Waals surface area contributed by atoms with Crippen LogP contribution in [-0.4, -0.2) is 48.6 Å². The van der Waals surface area contributed by atoms with Crippen LogP contribution in [0.4, 0.5) is 0 Å². The lowest BCUT2D eigenvalue weighted by Crippen LogP contribution is -2.48. The topological polar surface area (TPSA) is 44.4 Å². The minimum absolute atomic E-state index is 0.216. The van der Waals surface area contributed by atoms with Crippen molar-refractivity contribution in [3.63, 3.8) is 0 Å². The van der Waals surface area contributed by atoms with Gasteiger partial charge in [0.05, 0.1) is 6.54 Å². The third-order valence-electron chi connectivity index (χ3n) is 4.91. The van der Waals surface area contributed by atoms with Gasteiger partial charge in [-0.2, -0.15) is 0 Å². The summed E-state index contributed by atoms with van der Waals surface area (Å²) >= 11 is 0. The molecule has 21 heavy (non-hydrogen) atoms. The summed E-state index contributed by atoms with van der Waals surface area (Å²) in [6.07, 6.45) is 10.0. The average molecular weight is 295 g/mol. The first kappa shape index (κ1) is 16.8. The molecular weight excluding hydrogens is 262 g/mol. The molecule has 1 aliphatic carbocycles. The molecule has 2 fully saturated rings. The maximum Gasteiger partial charge on any atom is 0.234 e. The van der Waals surface area contributed by atoms with Crippen LogP contribution in [0.25, 0.3) is 0 Å². The number of carbonyl (C=O) groups excluding carboxylic acids is 1. The minimum Gasteiger partial charge on any atom is -0.352 e. The molecule has 122 valence electrons. The van der Waals surface area contributed by atoms with Crippen molar-refractivity contribution in [2.24, 2.45) is 0 Å². The van der Waals surface area contributed by atoms with Gasteiger partial charge in [-0.05, 0) is 46.1 Å². The monoisotopic (exact) mass is 295 g/mol. The molecule has 2 aliphatic rings. The van der Waals surface area contributed by atoms with E-state index in [1.165, 1.54) is 38.5 Å². The van der Waals surface area contributed by atoms with Gasteiger partial charge >= 0.3 is 0 Å². The van der Waals surface area contributed by atoms with Crippen molar-refractivity contribution in [2.45, 2.75) is 83.3 Å². The highest BCUT2D eigenvalue weighted by Crippen LogP contribution is 2.17. The van der Waals surface area contributed by atoms with E-state index in [2.05, 4.69) is 29.4 Å². The second-order valence-corrected chi connectivity index (χ2v) is 7.07. The molecule has 4 nitrogen and oxygen atoms in total. The maximum atomic E-state index is 12.3. The molecule has 1 heterocycles. The SMILES string of the molecule is CC(C)N(CC(=O)NC1CCCCCC1)CC1CCCN1. The van der Waals surface area contributed by atoms with Gasteiger partial charge < -0.3 is 10.6 Å². The number of nitrogens with zero attached hydrogens (tertiary/aromatic N) is 1. The minimum atomic E-state index is 0.216. The van der Waals surface area contributed by atoms with Gasteiger partial charge in [0.25, 0.3) is 0 Å². The largest absolute Gasteiger partial charge is 0.352 e. The second kappa shape index (κ2) is 8.74. The molecule has 1 atom stereocenters. The van der Waals surface area contributed by atoms with E-state index in [9.17, 15) is 4.79 Å². The lowest BCUT2D eigenvalue weighted by atomic mass is 10.1. The normalized spacial score (nSPS) is 24.5. The lowest BCUT2D eigenvalue weighted by molar-refractivity contribution is -0.123. The molecule has 2 rings (SSSR count). The summed E-state index contributed by atoms with van der Waals surface area (Å²) in [6.45, 7) is 7.05. The summed E-state index contributed by atoms with van der Waals surface area (Å²) in [5, 5.41) is 6.80. The van der Waals surface area contributed by atoms with E-state index in [1.54, 1.807) is 0 Å². The van der Waals surface area contributed by atoms with E-state index in [0.717, 1.165) is 25.9 Å². The summed E-state index contributed by atoms with van der Waals surface area (Å²) < 4.78 is 0. The van der Waals surface area contributed by atoms with Crippen LogP contribution in [0.5, 0.6) is 0 Å².